The molecule has 2 N–H and O–H groups in total. The second-order valence-electron chi connectivity index (χ2n) is 5.10. The number of aryl methyl sites for hydroxylation is 2. The highest BCUT2D eigenvalue weighted by molar-refractivity contribution is 5.67. The van der Waals surface area contributed by atoms with Crippen molar-refractivity contribution in [3.8, 4) is 11.3 Å². The molecule has 0 amide bonds. The number of hydrogen-bond donors (Lipinski definition) is 1. The lowest BCUT2D eigenvalue weighted by atomic mass is 10.1. The van der Waals surface area contributed by atoms with Crippen LogP contribution in [0.5, 0.6) is 0 Å². The second-order valence-corrected chi connectivity index (χ2v) is 5.10. The number of aromatic nitrogens is 2. The summed E-state index contributed by atoms with van der Waals surface area (Å²) < 4.78 is 2.10. The van der Waals surface area contributed by atoms with Crippen molar-refractivity contribution < 1.29 is 0 Å². The summed E-state index contributed by atoms with van der Waals surface area (Å²) in [6, 6.07) is 12.7. The number of nitrogens with two attached hydrogens (primary N) is 1. The van der Waals surface area contributed by atoms with Gasteiger partial charge in [0.2, 0.25) is 0 Å². The van der Waals surface area contributed by atoms with Gasteiger partial charge in [0.1, 0.15) is 5.65 Å². The Hall–Kier alpha value is -2.13. The Morgan fingerprint density at radius 3 is 2.50 bits per heavy atom. The summed E-state index contributed by atoms with van der Waals surface area (Å²) in [5.74, 6) is 0. The fourth-order valence-corrected chi connectivity index (χ4v) is 2.52. The van der Waals surface area contributed by atoms with E-state index in [0.29, 0.717) is 6.54 Å². The Morgan fingerprint density at radius 1 is 1.10 bits per heavy atom. The minimum Gasteiger partial charge on any atom is -0.325 e. The highest BCUT2D eigenvalue weighted by atomic mass is 15.0. The van der Waals surface area contributed by atoms with Gasteiger partial charge in [0, 0.05) is 18.3 Å². The van der Waals surface area contributed by atoms with E-state index in [0.717, 1.165) is 29.0 Å². The molecule has 0 fully saturated rings. The van der Waals surface area contributed by atoms with Gasteiger partial charge < -0.3 is 10.1 Å². The Balaban J connectivity index is 2.19. The zero-order chi connectivity index (χ0) is 14.1. The Morgan fingerprint density at radius 2 is 1.85 bits per heavy atom. The Bertz CT molecular complexity index is 739. The van der Waals surface area contributed by atoms with Crippen LogP contribution in [0.4, 0.5) is 0 Å². The van der Waals surface area contributed by atoms with Crippen LogP contribution in [-0.4, -0.2) is 9.38 Å². The predicted molar refractivity (Wildman–Crippen MR) is 82.6 cm³/mol. The van der Waals surface area contributed by atoms with Gasteiger partial charge in [-0.15, -0.1) is 0 Å². The summed E-state index contributed by atoms with van der Waals surface area (Å²) in [6.45, 7) is 4.72. The smallest absolute Gasteiger partial charge is 0.137 e. The SMILES string of the molecule is CCc1ccc(-c2nc3ccc(C)cn3c2CN)cc1. The molecule has 3 rings (SSSR count). The molecular formula is C17H19N3. The molecule has 0 aliphatic heterocycles. The highest BCUT2D eigenvalue weighted by Crippen LogP contribution is 2.25. The molecule has 0 bridgehead atoms. The average Bonchev–Trinajstić information content (AvgIpc) is 2.85. The van der Waals surface area contributed by atoms with E-state index in [1.54, 1.807) is 0 Å². The lowest BCUT2D eigenvalue weighted by Gasteiger charge is -2.04. The first kappa shape index (κ1) is 12.9. The van der Waals surface area contributed by atoms with E-state index in [9.17, 15) is 0 Å². The van der Waals surface area contributed by atoms with Crippen LogP contribution in [0.1, 0.15) is 23.7 Å². The van der Waals surface area contributed by atoms with Crippen LogP contribution in [0.2, 0.25) is 0 Å². The molecule has 2 heterocycles. The quantitative estimate of drug-likeness (QED) is 0.789. The highest BCUT2D eigenvalue weighted by Gasteiger charge is 2.12. The van der Waals surface area contributed by atoms with Crippen molar-refractivity contribution in [2.24, 2.45) is 5.73 Å². The molecule has 0 atom stereocenters. The number of rotatable bonds is 3. The van der Waals surface area contributed by atoms with Crippen molar-refractivity contribution in [2.75, 3.05) is 0 Å². The van der Waals surface area contributed by atoms with Gasteiger partial charge >= 0.3 is 0 Å². The van der Waals surface area contributed by atoms with Crippen LogP contribution < -0.4 is 5.73 Å². The minimum absolute atomic E-state index is 0.482. The summed E-state index contributed by atoms with van der Waals surface area (Å²) in [5.41, 5.74) is 12.6. The molecular weight excluding hydrogens is 246 g/mol. The van der Waals surface area contributed by atoms with Crippen LogP contribution >= 0.6 is 0 Å². The molecule has 0 aliphatic carbocycles. The maximum atomic E-state index is 5.94. The van der Waals surface area contributed by atoms with Gasteiger partial charge in [-0.2, -0.15) is 0 Å². The first-order valence-electron chi connectivity index (χ1n) is 7.00. The van der Waals surface area contributed by atoms with Gasteiger partial charge in [-0.25, -0.2) is 4.98 Å². The van der Waals surface area contributed by atoms with Gasteiger partial charge in [0.25, 0.3) is 0 Å². The average molecular weight is 265 g/mol. The van der Waals surface area contributed by atoms with Crippen LogP contribution in [0.3, 0.4) is 0 Å². The Labute approximate surface area is 119 Å². The molecule has 3 heteroatoms. The monoisotopic (exact) mass is 265 g/mol. The molecule has 3 aromatic rings. The van der Waals surface area contributed by atoms with E-state index in [1.807, 2.05) is 6.07 Å². The third-order valence-electron chi connectivity index (χ3n) is 3.69. The molecule has 3 nitrogen and oxygen atoms in total. The molecule has 0 saturated carbocycles. The van der Waals surface area contributed by atoms with Crippen LogP contribution in [-0.2, 0) is 13.0 Å². The summed E-state index contributed by atoms with van der Waals surface area (Å²) in [6.07, 6.45) is 3.14. The fourth-order valence-electron chi connectivity index (χ4n) is 2.52. The first-order valence-corrected chi connectivity index (χ1v) is 7.00. The topological polar surface area (TPSA) is 43.3 Å². The van der Waals surface area contributed by atoms with Gasteiger partial charge in [0.15, 0.2) is 0 Å². The summed E-state index contributed by atoms with van der Waals surface area (Å²) in [5, 5.41) is 0. The fraction of sp³-hybridized carbons (Fsp3) is 0.235. The lowest BCUT2D eigenvalue weighted by molar-refractivity contribution is 0.957. The van der Waals surface area contributed by atoms with Crippen LogP contribution in [0.15, 0.2) is 42.6 Å². The van der Waals surface area contributed by atoms with Crippen molar-refractivity contribution in [3.63, 3.8) is 0 Å². The largest absolute Gasteiger partial charge is 0.325 e. The summed E-state index contributed by atoms with van der Waals surface area (Å²) in [4.78, 5) is 4.73. The number of imidazole rings is 1. The standard InChI is InChI=1S/C17H19N3/c1-3-13-5-7-14(8-6-13)17-15(10-18)20-11-12(2)4-9-16(20)19-17/h4-9,11H,3,10,18H2,1-2H3. The molecule has 0 spiro atoms. The second kappa shape index (κ2) is 5.10. The van der Waals surface area contributed by atoms with Gasteiger partial charge in [-0.3, -0.25) is 0 Å². The van der Waals surface area contributed by atoms with E-state index in [-0.39, 0.29) is 0 Å². The Kier molecular flexibility index (Phi) is 3.28. The number of nitrogens with zero attached hydrogens (tertiary/aromatic N) is 2. The molecule has 0 unspecified atom stereocenters. The molecule has 0 aliphatic rings. The number of hydrogen-bond acceptors (Lipinski definition) is 2. The molecule has 102 valence electrons. The van der Waals surface area contributed by atoms with E-state index >= 15 is 0 Å². The molecule has 20 heavy (non-hydrogen) atoms. The van der Waals surface area contributed by atoms with Crippen molar-refractivity contribution >= 4 is 5.65 Å². The predicted octanol–water partition coefficient (Wildman–Crippen LogP) is 3.33. The van der Waals surface area contributed by atoms with E-state index < -0.39 is 0 Å². The van der Waals surface area contributed by atoms with Crippen molar-refractivity contribution in [2.45, 2.75) is 26.8 Å². The maximum absolute atomic E-state index is 5.94. The zero-order valence-electron chi connectivity index (χ0n) is 11.9. The number of pyridine rings is 1. The number of fused-ring (bicyclic) bond motifs is 1. The van der Waals surface area contributed by atoms with Gasteiger partial charge in [-0.1, -0.05) is 37.3 Å². The van der Waals surface area contributed by atoms with Crippen molar-refractivity contribution in [1.29, 1.82) is 0 Å². The third-order valence-corrected chi connectivity index (χ3v) is 3.69. The third kappa shape index (κ3) is 2.10. The van der Waals surface area contributed by atoms with Gasteiger partial charge in [-0.05, 0) is 30.5 Å². The van der Waals surface area contributed by atoms with E-state index in [1.165, 1.54) is 11.1 Å². The van der Waals surface area contributed by atoms with Crippen LogP contribution in [0.25, 0.3) is 16.9 Å². The lowest BCUT2D eigenvalue weighted by Crippen LogP contribution is -2.02. The molecule has 1 aromatic carbocycles. The minimum atomic E-state index is 0.482. The zero-order valence-corrected chi connectivity index (χ0v) is 11.9. The summed E-state index contributed by atoms with van der Waals surface area (Å²) >= 11 is 0. The van der Waals surface area contributed by atoms with Gasteiger partial charge in [0.05, 0.1) is 11.4 Å². The van der Waals surface area contributed by atoms with Crippen LogP contribution in [0, 0.1) is 6.92 Å². The van der Waals surface area contributed by atoms with Crippen molar-refractivity contribution in [1.82, 2.24) is 9.38 Å². The van der Waals surface area contributed by atoms with Crippen molar-refractivity contribution in [3.05, 3.63) is 59.4 Å². The first-order chi connectivity index (χ1) is 9.72. The van der Waals surface area contributed by atoms with E-state index in [2.05, 4.69) is 54.8 Å². The molecule has 2 aromatic heterocycles. The summed E-state index contributed by atoms with van der Waals surface area (Å²) in [7, 11) is 0. The maximum Gasteiger partial charge on any atom is 0.137 e. The number of benzene rings is 1. The van der Waals surface area contributed by atoms with E-state index in [4.69, 9.17) is 10.7 Å². The molecule has 0 radical (unpaired) electrons. The normalized spacial score (nSPS) is 11.2. The molecule has 0 saturated heterocycles.